The molecule has 134 valence electrons. The van der Waals surface area contributed by atoms with Gasteiger partial charge in [0.05, 0.1) is 14.2 Å². The van der Waals surface area contributed by atoms with E-state index in [-0.39, 0.29) is 23.7 Å². The Kier molecular flexibility index (Phi) is 5.85. The second-order valence-electron chi connectivity index (χ2n) is 5.57. The first-order valence-corrected chi connectivity index (χ1v) is 8.02. The Balaban J connectivity index is 2.14. The molecule has 1 heterocycles. The summed E-state index contributed by atoms with van der Waals surface area (Å²) in [6.45, 7) is 6.30. The van der Waals surface area contributed by atoms with Gasteiger partial charge in [-0.25, -0.2) is 4.79 Å². The highest BCUT2D eigenvalue weighted by Gasteiger charge is 2.20. The van der Waals surface area contributed by atoms with Gasteiger partial charge in [0.15, 0.2) is 18.1 Å². The van der Waals surface area contributed by atoms with Crippen molar-refractivity contribution in [3.05, 3.63) is 46.8 Å². The zero-order valence-corrected chi connectivity index (χ0v) is 15.2. The standard InChI is InChI=1S/C19H23NO5/c1-6-20-12(2)10-15(13(20)3)16(21)11-25-19(22)14-8-7-9-17(23-4)18(14)24-5/h7-10H,6,11H2,1-5H3. The molecule has 0 aliphatic carbocycles. The summed E-state index contributed by atoms with van der Waals surface area (Å²) in [5, 5.41) is 0. The maximum absolute atomic E-state index is 12.4. The number of Topliss-reactive ketones (excluding diaryl/α,β-unsaturated/α-hetero) is 1. The van der Waals surface area contributed by atoms with Gasteiger partial charge >= 0.3 is 5.97 Å². The van der Waals surface area contributed by atoms with E-state index >= 15 is 0 Å². The summed E-state index contributed by atoms with van der Waals surface area (Å²) < 4.78 is 17.6. The number of ether oxygens (including phenoxy) is 3. The van der Waals surface area contributed by atoms with Crippen LogP contribution in [0.5, 0.6) is 11.5 Å². The van der Waals surface area contributed by atoms with Crippen molar-refractivity contribution < 1.29 is 23.8 Å². The minimum absolute atomic E-state index is 0.216. The zero-order chi connectivity index (χ0) is 18.6. The lowest BCUT2D eigenvalue weighted by Crippen LogP contribution is -2.16. The van der Waals surface area contributed by atoms with Gasteiger partial charge in [0.1, 0.15) is 5.56 Å². The SMILES string of the molecule is CCn1c(C)cc(C(=O)COC(=O)c2cccc(OC)c2OC)c1C. The van der Waals surface area contributed by atoms with E-state index < -0.39 is 5.97 Å². The number of para-hydroxylation sites is 1. The highest BCUT2D eigenvalue weighted by molar-refractivity contribution is 6.01. The third kappa shape index (κ3) is 3.68. The lowest BCUT2D eigenvalue weighted by Gasteiger charge is -2.12. The number of esters is 1. The highest BCUT2D eigenvalue weighted by Crippen LogP contribution is 2.31. The van der Waals surface area contributed by atoms with Crippen LogP contribution in [0.25, 0.3) is 0 Å². The Morgan fingerprint density at radius 1 is 1.08 bits per heavy atom. The number of hydrogen-bond acceptors (Lipinski definition) is 5. The number of methoxy groups -OCH3 is 2. The molecule has 1 aromatic carbocycles. The number of aryl methyl sites for hydroxylation is 1. The van der Waals surface area contributed by atoms with Crippen molar-refractivity contribution in [2.24, 2.45) is 0 Å². The minimum atomic E-state index is -0.631. The van der Waals surface area contributed by atoms with Crippen LogP contribution in [0.1, 0.15) is 39.0 Å². The molecule has 0 aliphatic rings. The molecule has 6 heteroatoms. The van der Waals surface area contributed by atoms with E-state index in [1.807, 2.05) is 31.4 Å². The fourth-order valence-corrected chi connectivity index (χ4v) is 2.90. The Morgan fingerprint density at radius 2 is 1.80 bits per heavy atom. The van der Waals surface area contributed by atoms with Crippen molar-refractivity contribution in [1.82, 2.24) is 4.57 Å². The zero-order valence-electron chi connectivity index (χ0n) is 15.2. The quantitative estimate of drug-likeness (QED) is 0.569. The Morgan fingerprint density at radius 3 is 2.36 bits per heavy atom. The van der Waals surface area contributed by atoms with Crippen LogP contribution in [0.3, 0.4) is 0 Å². The average Bonchev–Trinajstić information content (AvgIpc) is 2.92. The van der Waals surface area contributed by atoms with Crippen LogP contribution < -0.4 is 9.47 Å². The van der Waals surface area contributed by atoms with E-state index in [1.165, 1.54) is 14.2 Å². The maximum atomic E-state index is 12.4. The summed E-state index contributed by atoms with van der Waals surface area (Å²) in [6, 6.07) is 6.73. The molecule has 0 bridgehead atoms. The summed E-state index contributed by atoms with van der Waals surface area (Å²) in [5.74, 6) is -0.155. The normalized spacial score (nSPS) is 10.4. The minimum Gasteiger partial charge on any atom is -0.493 e. The lowest BCUT2D eigenvalue weighted by atomic mass is 10.1. The number of benzene rings is 1. The molecule has 25 heavy (non-hydrogen) atoms. The van der Waals surface area contributed by atoms with Gasteiger partial charge in [-0.1, -0.05) is 6.07 Å². The molecule has 0 aliphatic heterocycles. The number of nitrogens with zero attached hydrogens (tertiary/aromatic N) is 1. The smallest absolute Gasteiger partial charge is 0.342 e. The molecule has 0 N–H and O–H groups in total. The van der Waals surface area contributed by atoms with Gasteiger partial charge in [0.2, 0.25) is 5.78 Å². The van der Waals surface area contributed by atoms with Gasteiger partial charge in [-0.15, -0.1) is 0 Å². The monoisotopic (exact) mass is 345 g/mol. The highest BCUT2D eigenvalue weighted by atomic mass is 16.5. The van der Waals surface area contributed by atoms with E-state index in [0.29, 0.717) is 11.3 Å². The van der Waals surface area contributed by atoms with Crippen molar-refractivity contribution in [2.45, 2.75) is 27.3 Å². The third-order valence-corrected chi connectivity index (χ3v) is 4.15. The molecule has 0 amide bonds. The summed E-state index contributed by atoms with van der Waals surface area (Å²) in [5.41, 5.74) is 2.67. The number of rotatable bonds is 7. The van der Waals surface area contributed by atoms with Crippen molar-refractivity contribution in [3.63, 3.8) is 0 Å². The van der Waals surface area contributed by atoms with E-state index in [1.54, 1.807) is 18.2 Å². The number of carbonyl (C=O) groups is 2. The van der Waals surface area contributed by atoms with Crippen LogP contribution in [-0.2, 0) is 11.3 Å². The summed E-state index contributed by atoms with van der Waals surface area (Å²) in [7, 11) is 2.93. The molecule has 0 radical (unpaired) electrons. The molecule has 2 aromatic rings. The number of ketones is 1. The van der Waals surface area contributed by atoms with Gasteiger partial charge in [0, 0.05) is 23.5 Å². The topological polar surface area (TPSA) is 66.8 Å². The molecule has 0 fully saturated rings. The molecule has 6 nitrogen and oxygen atoms in total. The van der Waals surface area contributed by atoms with Gasteiger partial charge in [0.25, 0.3) is 0 Å². The Labute approximate surface area is 147 Å². The molecule has 0 spiro atoms. The fourth-order valence-electron chi connectivity index (χ4n) is 2.90. The lowest BCUT2D eigenvalue weighted by molar-refractivity contribution is 0.0471. The van der Waals surface area contributed by atoms with Crippen LogP contribution in [-0.4, -0.2) is 37.1 Å². The predicted octanol–water partition coefficient (Wildman–Crippen LogP) is 3.18. The van der Waals surface area contributed by atoms with Crippen LogP contribution in [0.2, 0.25) is 0 Å². The van der Waals surface area contributed by atoms with Crippen LogP contribution in [0.15, 0.2) is 24.3 Å². The van der Waals surface area contributed by atoms with Crippen molar-refractivity contribution in [1.29, 1.82) is 0 Å². The van der Waals surface area contributed by atoms with Gasteiger partial charge in [-0.05, 0) is 39.0 Å². The van der Waals surface area contributed by atoms with Gasteiger partial charge in [-0.3, -0.25) is 4.79 Å². The van der Waals surface area contributed by atoms with Crippen LogP contribution in [0.4, 0.5) is 0 Å². The van der Waals surface area contributed by atoms with Crippen LogP contribution in [0, 0.1) is 13.8 Å². The van der Waals surface area contributed by atoms with Gasteiger partial charge in [-0.2, -0.15) is 0 Å². The van der Waals surface area contributed by atoms with Crippen molar-refractivity contribution >= 4 is 11.8 Å². The first kappa shape index (κ1) is 18.6. The molecule has 0 unspecified atom stereocenters. The number of carbonyl (C=O) groups excluding carboxylic acids is 2. The Hall–Kier alpha value is -2.76. The molecule has 0 saturated carbocycles. The van der Waals surface area contributed by atoms with E-state index in [9.17, 15) is 9.59 Å². The summed E-state index contributed by atoms with van der Waals surface area (Å²) >= 11 is 0. The summed E-state index contributed by atoms with van der Waals surface area (Å²) in [6.07, 6.45) is 0. The largest absolute Gasteiger partial charge is 0.493 e. The molecule has 0 atom stereocenters. The van der Waals surface area contributed by atoms with Crippen molar-refractivity contribution in [2.75, 3.05) is 20.8 Å². The van der Waals surface area contributed by atoms with Gasteiger partial charge < -0.3 is 18.8 Å². The second kappa shape index (κ2) is 7.88. The Bertz CT molecular complexity index is 791. The third-order valence-electron chi connectivity index (χ3n) is 4.15. The van der Waals surface area contributed by atoms with E-state index in [4.69, 9.17) is 14.2 Å². The molecule has 2 rings (SSSR count). The van der Waals surface area contributed by atoms with E-state index in [2.05, 4.69) is 0 Å². The molecule has 1 aromatic heterocycles. The average molecular weight is 345 g/mol. The van der Waals surface area contributed by atoms with Crippen molar-refractivity contribution in [3.8, 4) is 11.5 Å². The van der Waals surface area contributed by atoms with E-state index in [0.717, 1.165) is 17.9 Å². The number of aromatic nitrogens is 1. The molecular weight excluding hydrogens is 322 g/mol. The fraction of sp³-hybridized carbons (Fsp3) is 0.368. The summed E-state index contributed by atoms with van der Waals surface area (Å²) in [4.78, 5) is 24.7. The molecular formula is C19H23NO5. The maximum Gasteiger partial charge on any atom is 0.342 e. The first-order chi connectivity index (χ1) is 11.9. The second-order valence-corrected chi connectivity index (χ2v) is 5.57. The first-order valence-electron chi connectivity index (χ1n) is 8.02. The van der Waals surface area contributed by atoms with Crippen LogP contribution >= 0.6 is 0 Å². The number of hydrogen-bond donors (Lipinski definition) is 0. The molecule has 0 saturated heterocycles. The predicted molar refractivity (Wildman–Crippen MR) is 93.7 cm³/mol.